The number of fused-ring (bicyclic) bond motifs is 1. The Morgan fingerprint density at radius 1 is 1.23 bits per heavy atom. The number of methoxy groups -OCH3 is 1. The van der Waals surface area contributed by atoms with Crippen LogP contribution in [0.2, 0.25) is 0 Å². The minimum absolute atomic E-state index is 0.149. The first-order valence-corrected chi connectivity index (χ1v) is 10.5. The first-order chi connectivity index (χ1) is 14.8. The van der Waals surface area contributed by atoms with E-state index >= 15 is 0 Å². The monoisotopic (exact) mass is 432 g/mol. The van der Waals surface area contributed by atoms with Gasteiger partial charge < -0.3 is 28.4 Å². The fourth-order valence-corrected chi connectivity index (χ4v) is 3.46. The molecule has 170 valence electrons. The van der Waals surface area contributed by atoms with E-state index < -0.39 is 24.0 Å². The molecule has 1 aromatic carbocycles. The number of rotatable bonds is 6. The molecule has 0 N–H and O–H groups in total. The van der Waals surface area contributed by atoms with E-state index in [2.05, 4.69) is 6.58 Å². The van der Waals surface area contributed by atoms with Gasteiger partial charge in [0.25, 0.3) is 0 Å². The molecule has 1 saturated heterocycles. The molecule has 7 heteroatoms. The van der Waals surface area contributed by atoms with Gasteiger partial charge in [0, 0.05) is 5.56 Å². The average Bonchev–Trinajstić information content (AvgIpc) is 2.72. The van der Waals surface area contributed by atoms with E-state index in [9.17, 15) is 4.79 Å². The standard InChI is InChI=1S/C24H32O7/c1-6-18-19(27-15-22(25)31-24(2,3)4)8-7-9-20-21(29-18)14-28-23(30-20)16-10-12-17(26-5)13-11-16/h6-7,9-13,18-21,23H,1,8,14-15H2,2-5H3/b9-7-/t18-,19+,20-,21+,23+/m0/s1. The van der Waals surface area contributed by atoms with E-state index in [0.29, 0.717) is 13.0 Å². The zero-order valence-corrected chi connectivity index (χ0v) is 18.6. The largest absolute Gasteiger partial charge is 0.497 e. The van der Waals surface area contributed by atoms with Gasteiger partial charge in [-0.1, -0.05) is 30.4 Å². The van der Waals surface area contributed by atoms with Gasteiger partial charge in [0.05, 0.1) is 19.8 Å². The van der Waals surface area contributed by atoms with Crippen molar-refractivity contribution in [1.82, 2.24) is 0 Å². The van der Waals surface area contributed by atoms with E-state index in [1.165, 1.54) is 0 Å². The third kappa shape index (κ3) is 6.64. The maximum absolute atomic E-state index is 12.0. The van der Waals surface area contributed by atoms with E-state index in [-0.39, 0.29) is 24.9 Å². The summed E-state index contributed by atoms with van der Waals surface area (Å²) in [6, 6.07) is 7.59. The van der Waals surface area contributed by atoms with Crippen molar-refractivity contribution in [2.75, 3.05) is 20.3 Å². The molecule has 2 aliphatic rings. The smallest absolute Gasteiger partial charge is 0.332 e. The van der Waals surface area contributed by atoms with E-state index in [1.807, 2.05) is 57.2 Å². The van der Waals surface area contributed by atoms with Crippen LogP contribution in [0.25, 0.3) is 0 Å². The summed E-state index contributed by atoms with van der Waals surface area (Å²) in [5.74, 6) is 0.365. The van der Waals surface area contributed by atoms with Crippen LogP contribution in [0, 0.1) is 0 Å². The lowest BCUT2D eigenvalue weighted by Crippen LogP contribution is -2.46. The number of hydrogen-bond donors (Lipinski definition) is 0. The summed E-state index contributed by atoms with van der Waals surface area (Å²) in [5.41, 5.74) is 0.355. The van der Waals surface area contributed by atoms with Gasteiger partial charge in [-0.3, -0.25) is 0 Å². The third-order valence-corrected chi connectivity index (χ3v) is 4.91. The maximum Gasteiger partial charge on any atom is 0.332 e. The maximum atomic E-state index is 12.0. The number of hydrogen-bond acceptors (Lipinski definition) is 7. The second kappa shape index (κ2) is 10.4. The Balaban J connectivity index is 1.62. The Labute approximate surface area is 183 Å². The SMILES string of the molecule is C=C[C@@H]1O[C@@H]2CO[C@@H](c3ccc(OC)cc3)O[C@H]2/C=C\C[C@H]1OCC(=O)OC(C)(C)C. The van der Waals surface area contributed by atoms with Gasteiger partial charge in [-0.15, -0.1) is 6.58 Å². The summed E-state index contributed by atoms with van der Waals surface area (Å²) in [6.45, 7) is 9.54. The Hall–Kier alpha value is -2.19. The summed E-state index contributed by atoms with van der Waals surface area (Å²) in [4.78, 5) is 12.0. The van der Waals surface area contributed by atoms with Crippen LogP contribution in [-0.4, -0.2) is 56.3 Å². The molecule has 0 spiro atoms. The summed E-state index contributed by atoms with van der Waals surface area (Å²) in [5, 5.41) is 0. The number of ether oxygens (including phenoxy) is 6. The molecule has 3 rings (SSSR count). The quantitative estimate of drug-likeness (QED) is 0.501. The van der Waals surface area contributed by atoms with Gasteiger partial charge in [0.1, 0.15) is 36.3 Å². The summed E-state index contributed by atoms with van der Waals surface area (Å²) >= 11 is 0. The molecule has 0 unspecified atom stereocenters. The number of carbonyl (C=O) groups excluding carboxylic acids is 1. The molecule has 0 bridgehead atoms. The molecule has 0 saturated carbocycles. The van der Waals surface area contributed by atoms with Gasteiger partial charge in [0.2, 0.25) is 0 Å². The van der Waals surface area contributed by atoms with Crippen molar-refractivity contribution in [1.29, 1.82) is 0 Å². The van der Waals surface area contributed by atoms with Crippen molar-refractivity contribution in [2.45, 2.75) is 63.5 Å². The molecule has 2 heterocycles. The molecule has 31 heavy (non-hydrogen) atoms. The number of esters is 1. The van der Waals surface area contributed by atoms with Gasteiger partial charge >= 0.3 is 5.97 Å². The second-order valence-corrected chi connectivity index (χ2v) is 8.51. The van der Waals surface area contributed by atoms with Gasteiger partial charge in [-0.05, 0) is 39.3 Å². The lowest BCUT2D eigenvalue weighted by Gasteiger charge is -2.39. The van der Waals surface area contributed by atoms with Crippen molar-refractivity contribution >= 4 is 5.97 Å². The Kier molecular flexibility index (Phi) is 7.89. The molecule has 7 nitrogen and oxygen atoms in total. The highest BCUT2D eigenvalue weighted by molar-refractivity contribution is 5.71. The summed E-state index contributed by atoms with van der Waals surface area (Å²) in [6.07, 6.45) is 4.36. The Morgan fingerprint density at radius 3 is 2.61 bits per heavy atom. The molecule has 0 aliphatic carbocycles. The summed E-state index contributed by atoms with van der Waals surface area (Å²) in [7, 11) is 1.63. The fourth-order valence-electron chi connectivity index (χ4n) is 3.46. The highest BCUT2D eigenvalue weighted by atomic mass is 16.7. The molecule has 0 radical (unpaired) electrons. The van der Waals surface area contributed by atoms with Crippen molar-refractivity contribution < 1.29 is 33.2 Å². The summed E-state index contributed by atoms with van der Waals surface area (Å²) < 4.78 is 34.6. The minimum atomic E-state index is -0.556. The van der Waals surface area contributed by atoms with E-state index in [1.54, 1.807) is 13.2 Å². The van der Waals surface area contributed by atoms with Crippen LogP contribution >= 0.6 is 0 Å². The Bertz CT molecular complexity index is 765. The lowest BCUT2D eigenvalue weighted by molar-refractivity contribution is -0.264. The van der Waals surface area contributed by atoms with E-state index in [0.717, 1.165) is 11.3 Å². The van der Waals surface area contributed by atoms with Crippen LogP contribution in [0.5, 0.6) is 5.75 Å². The van der Waals surface area contributed by atoms with Crippen LogP contribution < -0.4 is 4.74 Å². The van der Waals surface area contributed by atoms with Crippen molar-refractivity contribution in [3.05, 3.63) is 54.6 Å². The van der Waals surface area contributed by atoms with Gasteiger partial charge in [0.15, 0.2) is 6.29 Å². The Morgan fingerprint density at radius 2 is 1.97 bits per heavy atom. The molecule has 1 aromatic rings. The molecule has 5 atom stereocenters. The van der Waals surface area contributed by atoms with Crippen LogP contribution in [0.3, 0.4) is 0 Å². The van der Waals surface area contributed by atoms with Gasteiger partial charge in [-0.2, -0.15) is 0 Å². The van der Waals surface area contributed by atoms with Crippen LogP contribution in [0.1, 0.15) is 39.0 Å². The molecule has 1 fully saturated rings. The predicted molar refractivity (Wildman–Crippen MR) is 115 cm³/mol. The molecular formula is C24H32O7. The fraction of sp³-hybridized carbons (Fsp3) is 0.542. The van der Waals surface area contributed by atoms with Crippen LogP contribution in [-0.2, 0) is 28.5 Å². The molecule has 0 aromatic heterocycles. The predicted octanol–water partition coefficient (Wildman–Crippen LogP) is 3.74. The van der Waals surface area contributed by atoms with Crippen LogP contribution in [0.15, 0.2) is 49.1 Å². The number of benzene rings is 1. The molecule has 2 aliphatic heterocycles. The third-order valence-electron chi connectivity index (χ3n) is 4.91. The zero-order valence-electron chi connectivity index (χ0n) is 18.6. The zero-order chi connectivity index (χ0) is 22.4. The highest BCUT2D eigenvalue weighted by Gasteiger charge is 2.36. The minimum Gasteiger partial charge on any atom is -0.497 e. The topological polar surface area (TPSA) is 72.5 Å². The lowest BCUT2D eigenvalue weighted by atomic mass is 10.0. The second-order valence-electron chi connectivity index (χ2n) is 8.51. The molecular weight excluding hydrogens is 400 g/mol. The van der Waals surface area contributed by atoms with Gasteiger partial charge in [-0.25, -0.2) is 4.79 Å². The number of carbonyl (C=O) groups is 1. The highest BCUT2D eigenvalue weighted by Crippen LogP contribution is 2.31. The van der Waals surface area contributed by atoms with Crippen molar-refractivity contribution in [3.8, 4) is 5.75 Å². The van der Waals surface area contributed by atoms with Crippen LogP contribution in [0.4, 0.5) is 0 Å². The first kappa shape index (κ1) is 23.5. The molecule has 0 amide bonds. The van der Waals surface area contributed by atoms with E-state index in [4.69, 9.17) is 28.4 Å². The normalized spacial score (nSPS) is 29.7. The average molecular weight is 433 g/mol. The van der Waals surface area contributed by atoms with Crippen molar-refractivity contribution in [2.24, 2.45) is 0 Å². The first-order valence-electron chi connectivity index (χ1n) is 10.5. The van der Waals surface area contributed by atoms with Crippen molar-refractivity contribution in [3.63, 3.8) is 0 Å².